The molecule has 0 bridgehead atoms. The van der Waals surface area contributed by atoms with Gasteiger partial charge in [0.1, 0.15) is 6.04 Å². The number of amides is 2. The Labute approximate surface area is 117 Å². The van der Waals surface area contributed by atoms with Gasteiger partial charge in [-0.15, -0.1) is 0 Å². The fraction of sp³-hybridized carbons (Fsp3) is 0.357. The normalized spacial score (nSPS) is 11.9. The zero-order valence-electron chi connectivity index (χ0n) is 11.6. The summed E-state index contributed by atoms with van der Waals surface area (Å²) >= 11 is 0. The zero-order valence-corrected chi connectivity index (χ0v) is 11.6. The van der Waals surface area contributed by atoms with Gasteiger partial charge in [0.15, 0.2) is 0 Å². The third kappa shape index (κ3) is 3.57. The summed E-state index contributed by atoms with van der Waals surface area (Å²) in [4.78, 5) is 15.8. The molecule has 0 fully saturated rings. The molecule has 2 N–H and O–H groups in total. The van der Waals surface area contributed by atoms with E-state index in [4.69, 9.17) is 4.52 Å². The summed E-state index contributed by atoms with van der Waals surface area (Å²) in [5.74, 6) is 0.902. The molecule has 0 saturated heterocycles. The van der Waals surface area contributed by atoms with Gasteiger partial charge in [0, 0.05) is 12.1 Å². The van der Waals surface area contributed by atoms with Gasteiger partial charge in [0.25, 0.3) is 0 Å². The van der Waals surface area contributed by atoms with E-state index in [1.54, 1.807) is 6.92 Å². The quantitative estimate of drug-likeness (QED) is 0.878. The van der Waals surface area contributed by atoms with E-state index in [0.29, 0.717) is 18.3 Å². The van der Waals surface area contributed by atoms with Gasteiger partial charge in [-0.1, -0.05) is 42.4 Å². The molecule has 20 heavy (non-hydrogen) atoms. The van der Waals surface area contributed by atoms with Crippen molar-refractivity contribution in [2.75, 3.05) is 6.54 Å². The highest BCUT2D eigenvalue weighted by atomic mass is 16.5. The average Bonchev–Trinajstić information content (AvgIpc) is 2.96. The van der Waals surface area contributed by atoms with E-state index < -0.39 is 0 Å². The number of benzene rings is 1. The van der Waals surface area contributed by atoms with Gasteiger partial charge in [0.2, 0.25) is 11.7 Å². The van der Waals surface area contributed by atoms with Gasteiger partial charge in [-0.25, -0.2) is 4.79 Å². The molecular formula is C14H18N4O2. The molecule has 0 aliphatic heterocycles. The van der Waals surface area contributed by atoms with Crippen molar-refractivity contribution in [1.82, 2.24) is 20.8 Å². The predicted molar refractivity (Wildman–Crippen MR) is 75.0 cm³/mol. The summed E-state index contributed by atoms with van der Waals surface area (Å²) in [5, 5.41) is 9.40. The number of urea groups is 1. The van der Waals surface area contributed by atoms with E-state index >= 15 is 0 Å². The third-order valence-electron chi connectivity index (χ3n) is 2.73. The third-order valence-corrected chi connectivity index (χ3v) is 2.73. The van der Waals surface area contributed by atoms with Gasteiger partial charge in [-0.2, -0.15) is 4.98 Å². The molecule has 0 radical (unpaired) electrons. The second-order valence-electron chi connectivity index (χ2n) is 4.44. The predicted octanol–water partition coefficient (Wildman–Crippen LogP) is 2.51. The summed E-state index contributed by atoms with van der Waals surface area (Å²) in [6.45, 7) is 4.43. The van der Waals surface area contributed by atoms with E-state index in [1.807, 2.05) is 37.3 Å². The highest BCUT2D eigenvalue weighted by molar-refractivity contribution is 5.74. The van der Waals surface area contributed by atoms with Crippen molar-refractivity contribution in [3.63, 3.8) is 0 Å². The smallest absolute Gasteiger partial charge is 0.315 e. The Bertz CT molecular complexity index is 553. The lowest BCUT2D eigenvalue weighted by molar-refractivity contribution is 0.234. The van der Waals surface area contributed by atoms with E-state index in [1.165, 1.54) is 0 Å². The molecule has 2 amide bonds. The Hall–Kier alpha value is -2.37. The maximum absolute atomic E-state index is 11.6. The molecule has 0 saturated carbocycles. The molecule has 1 aromatic carbocycles. The van der Waals surface area contributed by atoms with Crippen molar-refractivity contribution in [3.05, 3.63) is 36.2 Å². The second-order valence-corrected chi connectivity index (χ2v) is 4.44. The van der Waals surface area contributed by atoms with Crippen molar-refractivity contribution in [2.45, 2.75) is 26.3 Å². The van der Waals surface area contributed by atoms with E-state index in [9.17, 15) is 4.79 Å². The van der Waals surface area contributed by atoms with Gasteiger partial charge >= 0.3 is 6.03 Å². The molecule has 1 aromatic heterocycles. The van der Waals surface area contributed by atoms with Crippen LogP contribution >= 0.6 is 0 Å². The number of nitrogens with zero attached hydrogens (tertiary/aromatic N) is 2. The first-order chi connectivity index (χ1) is 9.70. The van der Waals surface area contributed by atoms with E-state index in [-0.39, 0.29) is 12.1 Å². The molecule has 1 heterocycles. The number of carbonyl (C=O) groups is 1. The number of carbonyl (C=O) groups excluding carboxylic acids is 1. The van der Waals surface area contributed by atoms with Crippen molar-refractivity contribution in [1.29, 1.82) is 0 Å². The first-order valence-electron chi connectivity index (χ1n) is 6.64. The van der Waals surface area contributed by atoms with Gasteiger partial charge in [0.05, 0.1) is 0 Å². The van der Waals surface area contributed by atoms with Crippen LogP contribution in [0.5, 0.6) is 0 Å². The minimum absolute atomic E-state index is 0.237. The molecule has 0 aliphatic carbocycles. The van der Waals surface area contributed by atoms with Crippen molar-refractivity contribution in [2.24, 2.45) is 0 Å². The monoisotopic (exact) mass is 274 g/mol. The molecule has 2 aromatic rings. The SMILES string of the molecule is CCCNC(=O)NC(C)c1nc(-c2ccccc2)no1. The van der Waals surface area contributed by atoms with Crippen LogP contribution in [0.1, 0.15) is 32.2 Å². The standard InChI is InChI=1S/C14H18N4O2/c1-3-9-15-14(19)16-10(2)13-17-12(18-20-13)11-7-5-4-6-8-11/h4-8,10H,3,9H2,1-2H3,(H2,15,16,19). The maximum atomic E-state index is 11.6. The number of aromatic nitrogens is 2. The number of nitrogens with one attached hydrogen (secondary N) is 2. The Morgan fingerprint density at radius 2 is 2.10 bits per heavy atom. The van der Waals surface area contributed by atoms with Gasteiger partial charge in [-0.05, 0) is 13.3 Å². The molecule has 2 rings (SSSR count). The fourth-order valence-corrected chi connectivity index (χ4v) is 1.66. The summed E-state index contributed by atoms with van der Waals surface area (Å²) in [6, 6.07) is 8.97. The summed E-state index contributed by atoms with van der Waals surface area (Å²) in [7, 11) is 0. The maximum Gasteiger partial charge on any atom is 0.315 e. The van der Waals surface area contributed by atoms with E-state index in [0.717, 1.165) is 12.0 Å². The molecule has 106 valence electrons. The Balaban J connectivity index is 2.00. The second kappa shape index (κ2) is 6.70. The minimum atomic E-state index is -0.336. The number of rotatable bonds is 5. The average molecular weight is 274 g/mol. The fourth-order valence-electron chi connectivity index (χ4n) is 1.66. The van der Waals surface area contributed by atoms with Crippen LogP contribution in [0, 0.1) is 0 Å². The highest BCUT2D eigenvalue weighted by Crippen LogP contribution is 2.17. The number of hydrogen-bond acceptors (Lipinski definition) is 4. The van der Waals surface area contributed by atoms with Gasteiger partial charge < -0.3 is 15.2 Å². The van der Waals surface area contributed by atoms with Crippen LogP contribution in [0.3, 0.4) is 0 Å². The summed E-state index contributed by atoms with van der Waals surface area (Å²) in [5.41, 5.74) is 0.880. The summed E-state index contributed by atoms with van der Waals surface area (Å²) < 4.78 is 5.18. The van der Waals surface area contributed by atoms with Crippen molar-refractivity contribution >= 4 is 6.03 Å². The van der Waals surface area contributed by atoms with Crippen LogP contribution < -0.4 is 10.6 Å². The van der Waals surface area contributed by atoms with Crippen LogP contribution in [-0.4, -0.2) is 22.7 Å². The molecule has 6 nitrogen and oxygen atoms in total. The zero-order chi connectivity index (χ0) is 14.4. The van der Waals surface area contributed by atoms with Gasteiger partial charge in [-0.3, -0.25) is 0 Å². The van der Waals surface area contributed by atoms with Crippen LogP contribution in [0.2, 0.25) is 0 Å². The Morgan fingerprint density at radius 1 is 1.35 bits per heavy atom. The van der Waals surface area contributed by atoms with E-state index in [2.05, 4.69) is 20.8 Å². The Morgan fingerprint density at radius 3 is 2.80 bits per heavy atom. The largest absolute Gasteiger partial charge is 0.338 e. The highest BCUT2D eigenvalue weighted by Gasteiger charge is 2.16. The van der Waals surface area contributed by atoms with Crippen molar-refractivity contribution < 1.29 is 9.32 Å². The molecule has 0 spiro atoms. The van der Waals surface area contributed by atoms with Crippen LogP contribution in [0.25, 0.3) is 11.4 Å². The lowest BCUT2D eigenvalue weighted by Crippen LogP contribution is -2.37. The molecule has 6 heteroatoms. The lowest BCUT2D eigenvalue weighted by Gasteiger charge is -2.10. The van der Waals surface area contributed by atoms with Crippen molar-refractivity contribution in [3.8, 4) is 11.4 Å². The van der Waals surface area contributed by atoms with Crippen LogP contribution in [0.15, 0.2) is 34.9 Å². The number of hydrogen-bond donors (Lipinski definition) is 2. The molecule has 1 atom stereocenters. The molecule has 1 unspecified atom stereocenters. The lowest BCUT2D eigenvalue weighted by atomic mass is 10.2. The minimum Gasteiger partial charge on any atom is -0.338 e. The molecular weight excluding hydrogens is 256 g/mol. The van der Waals surface area contributed by atoms with Crippen LogP contribution in [0.4, 0.5) is 4.79 Å². The molecule has 0 aliphatic rings. The topological polar surface area (TPSA) is 80.0 Å². The summed E-state index contributed by atoms with van der Waals surface area (Å²) in [6.07, 6.45) is 0.889. The van der Waals surface area contributed by atoms with Crippen LogP contribution in [-0.2, 0) is 0 Å². The first-order valence-corrected chi connectivity index (χ1v) is 6.64. The first kappa shape index (κ1) is 14.0. The Kier molecular flexibility index (Phi) is 4.70.